The number of methoxy groups -OCH3 is 1. The van der Waals surface area contributed by atoms with Gasteiger partial charge in [0.05, 0.1) is 0 Å². The van der Waals surface area contributed by atoms with E-state index >= 15 is 0 Å². The molecule has 18 heavy (non-hydrogen) atoms. The number of ketones is 1. The third-order valence-corrected chi connectivity index (χ3v) is 2.92. The molecule has 0 bridgehead atoms. The summed E-state index contributed by atoms with van der Waals surface area (Å²) < 4.78 is 18.5. The molecule has 0 radical (unpaired) electrons. The minimum atomic E-state index is -0.293. The molecule has 2 aromatic carbocycles. The van der Waals surface area contributed by atoms with Crippen LogP contribution >= 0.6 is 0 Å². The molecule has 0 heterocycles. The third-order valence-electron chi connectivity index (χ3n) is 2.92. The highest BCUT2D eigenvalue weighted by Gasteiger charge is 2.11. The summed E-state index contributed by atoms with van der Waals surface area (Å²) in [5, 5.41) is 1.18. The Balaban J connectivity index is 2.33. The number of hydrogen-bond donors (Lipinski definition) is 0. The van der Waals surface area contributed by atoms with Gasteiger partial charge < -0.3 is 4.74 Å². The van der Waals surface area contributed by atoms with Crippen LogP contribution in [0.5, 0.6) is 0 Å². The summed E-state index contributed by atoms with van der Waals surface area (Å²) in [5.74, 6) is -0.262. The molecule has 0 amide bonds. The second-order valence-corrected chi connectivity index (χ2v) is 4.16. The summed E-state index contributed by atoms with van der Waals surface area (Å²) >= 11 is 0. The topological polar surface area (TPSA) is 26.3 Å². The first-order valence-corrected chi connectivity index (χ1v) is 5.93. The van der Waals surface area contributed by atoms with E-state index in [1.165, 1.54) is 6.07 Å². The van der Waals surface area contributed by atoms with Gasteiger partial charge >= 0.3 is 0 Å². The van der Waals surface area contributed by atoms with Crippen molar-refractivity contribution in [2.24, 2.45) is 0 Å². The fourth-order valence-electron chi connectivity index (χ4n) is 2.02. The van der Waals surface area contributed by atoms with Crippen molar-refractivity contribution >= 4 is 16.6 Å². The van der Waals surface area contributed by atoms with Gasteiger partial charge in [-0.15, -0.1) is 0 Å². The number of benzene rings is 2. The Morgan fingerprint density at radius 2 is 1.89 bits per heavy atom. The predicted molar refractivity (Wildman–Crippen MR) is 69.3 cm³/mol. The van der Waals surface area contributed by atoms with E-state index in [9.17, 15) is 9.18 Å². The summed E-state index contributed by atoms with van der Waals surface area (Å²) in [5.41, 5.74) is 0.586. The van der Waals surface area contributed by atoms with Gasteiger partial charge in [-0.25, -0.2) is 4.39 Å². The first-order valence-electron chi connectivity index (χ1n) is 5.93. The van der Waals surface area contributed by atoms with Crippen LogP contribution in [0.25, 0.3) is 10.8 Å². The lowest BCUT2D eigenvalue weighted by atomic mass is 9.99. The Hall–Kier alpha value is -1.74. The smallest absolute Gasteiger partial charge is 0.163 e. The van der Waals surface area contributed by atoms with Gasteiger partial charge in [0.15, 0.2) is 5.78 Å². The number of Topliss-reactive ketones (excluding diaryl/α,β-unsaturated/α-hetero) is 1. The van der Waals surface area contributed by atoms with Crippen LogP contribution in [-0.4, -0.2) is 19.5 Å². The largest absolute Gasteiger partial charge is 0.385 e. The van der Waals surface area contributed by atoms with E-state index in [4.69, 9.17) is 4.74 Å². The quantitative estimate of drug-likeness (QED) is 0.595. The van der Waals surface area contributed by atoms with Crippen molar-refractivity contribution in [3.05, 3.63) is 47.8 Å². The van der Waals surface area contributed by atoms with Crippen molar-refractivity contribution in [1.82, 2.24) is 0 Å². The van der Waals surface area contributed by atoms with Gasteiger partial charge in [0.1, 0.15) is 5.82 Å². The van der Waals surface area contributed by atoms with Gasteiger partial charge in [-0.2, -0.15) is 0 Å². The van der Waals surface area contributed by atoms with Crippen LogP contribution < -0.4 is 0 Å². The van der Waals surface area contributed by atoms with Crippen LogP contribution in [0, 0.1) is 5.82 Å². The number of rotatable bonds is 5. The molecular formula is C15H15FO2. The summed E-state index contributed by atoms with van der Waals surface area (Å²) in [4.78, 5) is 12.1. The van der Waals surface area contributed by atoms with Crippen molar-refractivity contribution in [3.8, 4) is 0 Å². The summed E-state index contributed by atoms with van der Waals surface area (Å²) in [6.07, 6.45) is 1.10. The molecule has 0 N–H and O–H groups in total. The van der Waals surface area contributed by atoms with E-state index in [2.05, 4.69) is 0 Å². The van der Waals surface area contributed by atoms with Crippen molar-refractivity contribution in [2.45, 2.75) is 12.8 Å². The average Bonchev–Trinajstić information content (AvgIpc) is 2.39. The summed E-state index contributed by atoms with van der Waals surface area (Å²) in [6, 6.07) is 9.97. The van der Waals surface area contributed by atoms with E-state index in [-0.39, 0.29) is 11.6 Å². The fourth-order valence-corrected chi connectivity index (χ4v) is 2.02. The van der Waals surface area contributed by atoms with E-state index < -0.39 is 0 Å². The standard InChI is InChI=1S/C15H15FO2/c1-18-10-4-7-15(17)13-8-9-14(16)12-6-3-2-5-11(12)13/h2-3,5-6,8-9H,4,7,10H2,1H3. The molecule has 2 nitrogen and oxygen atoms in total. The van der Waals surface area contributed by atoms with Gasteiger partial charge in [-0.1, -0.05) is 24.3 Å². The minimum Gasteiger partial charge on any atom is -0.385 e. The lowest BCUT2D eigenvalue weighted by Gasteiger charge is -2.06. The minimum absolute atomic E-state index is 0.0308. The van der Waals surface area contributed by atoms with E-state index in [0.29, 0.717) is 35.8 Å². The van der Waals surface area contributed by atoms with E-state index in [1.807, 2.05) is 6.07 Å². The van der Waals surface area contributed by atoms with E-state index in [0.717, 1.165) is 0 Å². The molecule has 0 unspecified atom stereocenters. The van der Waals surface area contributed by atoms with Crippen LogP contribution in [0.4, 0.5) is 4.39 Å². The highest BCUT2D eigenvalue weighted by Crippen LogP contribution is 2.23. The number of carbonyl (C=O) groups is 1. The molecule has 3 heteroatoms. The van der Waals surface area contributed by atoms with Crippen molar-refractivity contribution in [3.63, 3.8) is 0 Å². The highest BCUT2D eigenvalue weighted by molar-refractivity contribution is 6.08. The molecule has 94 valence electrons. The first kappa shape index (κ1) is 12.7. The SMILES string of the molecule is COCCCC(=O)c1ccc(F)c2ccccc12. The fraction of sp³-hybridized carbons (Fsp3) is 0.267. The lowest BCUT2D eigenvalue weighted by Crippen LogP contribution is -2.02. The van der Waals surface area contributed by atoms with Gasteiger partial charge in [-0.05, 0) is 23.9 Å². The maximum absolute atomic E-state index is 13.6. The van der Waals surface area contributed by atoms with Crippen molar-refractivity contribution in [2.75, 3.05) is 13.7 Å². The highest BCUT2D eigenvalue weighted by atomic mass is 19.1. The molecule has 0 spiro atoms. The van der Waals surface area contributed by atoms with Crippen LogP contribution in [0.3, 0.4) is 0 Å². The molecular weight excluding hydrogens is 231 g/mol. The zero-order valence-corrected chi connectivity index (χ0v) is 10.3. The Labute approximate surface area is 105 Å². The monoisotopic (exact) mass is 246 g/mol. The summed E-state index contributed by atoms with van der Waals surface area (Å²) in [6.45, 7) is 0.560. The molecule has 0 aromatic heterocycles. The Bertz CT molecular complexity index is 563. The van der Waals surface area contributed by atoms with Gasteiger partial charge in [0.25, 0.3) is 0 Å². The molecule has 2 rings (SSSR count). The molecule has 0 aliphatic rings. The van der Waals surface area contributed by atoms with Gasteiger partial charge in [0, 0.05) is 31.1 Å². The lowest BCUT2D eigenvalue weighted by molar-refractivity contribution is 0.0965. The maximum atomic E-state index is 13.6. The number of hydrogen-bond acceptors (Lipinski definition) is 2. The predicted octanol–water partition coefficient (Wildman–Crippen LogP) is 3.59. The number of ether oxygens (including phenoxy) is 1. The van der Waals surface area contributed by atoms with Gasteiger partial charge in [-0.3, -0.25) is 4.79 Å². The van der Waals surface area contributed by atoms with Crippen LogP contribution in [0.15, 0.2) is 36.4 Å². The van der Waals surface area contributed by atoms with Crippen molar-refractivity contribution in [1.29, 1.82) is 0 Å². The third kappa shape index (κ3) is 2.57. The van der Waals surface area contributed by atoms with Crippen LogP contribution in [0.2, 0.25) is 0 Å². The Morgan fingerprint density at radius 1 is 1.17 bits per heavy atom. The van der Waals surface area contributed by atoms with Crippen LogP contribution in [0.1, 0.15) is 23.2 Å². The zero-order valence-electron chi connectivity index (χ0n) is 10.3. The molecule has 0 saturated carbocycles. The average molecular weight is 246 g/mol. The molecule has 0 atom stereocenters. The number of fused-ring (bicyclic) bond motifs is 1. The molecule has 0 aliphatic heterocycles. The molecule has 0 saturated heterocycles. The van der Waals surface area contributed by atoms with Crippen LogP contribution in [-0.2, 0) is 4.74 Å². The molecule has 0 aliphatic carbocycles. The van der Waals surface area contributed by atoms with Gasteiger partial charge in [0.2, 0.25) is 0 Å². The molecule has 0 fully saturated rings. The second-order valence-electron chi connectivity index (χ2n) is 4.16. The Kier molecular flexibility index (Phi) is 4.05. The summed E-state index contributed by atoms with van der Waals surface area (Å²) in [7, 11) is 1.61. The zero-order chi connectivity index (χ0) is 13.0. The maximum Gasteiger partial charge on any atom is 0.163 e. The first-order chi connectivity index (χ1) is 8.74. The number of halogens is 1. The second kappa shape index (κ2) is 5.74. The molecule has 2 aromatic rings. The normalized spacial score (nSPS) is 10.8. The van der Waals surface area contributed by atoms with E-state index in [1.54, 1.807) is 31.4 Å². The Morgan fingerprint density at radius 3 is 2.61 bits per heavy atom. The number of carbonyl (C=O) groups excluding carboxylic acids is 1. The van der Waals surface area contributed by atoms with Crippen molar-refractivity contribution < 1.29 is 13.9 Å².